The first-order valence-corrected chi connectivity index (χ1v) is 10.5. The Bertz CT molecular complexity index is 945. The molecule has 1 fully saturated rings. The fourth-order valence-corrected chi connectivity index (χ4v) is 4.39. The predicted octanol–water partition coefficient (Wildman–Crippen LogP) is 4.62. The number of hydrogen-bond donors (Lipinski definition) is 1. The molecule has 146 valence electrons. The van der Waals surface area contributed by atoms with Crippen molar-refractivity contribution in [2.24, 2.45) is 0 Å². The first-order chi connectivity index (χ1) is 13.7. The number of carbonyl (C=O) groups is 1. The highest BCUT2D eigenvalue weighted by Gasteiger charge is 2.20. The Morgan fingerprint density at radius 1 is 1.29 bits per heavy atom. The van der Waals surface area contributed by atoms with Gasteiger partial charge in [0.2, 0.25) is 0 Å². The Labute approximate surface area is 167 Å². The van der Waals surface area contributed by atoms with E-state index in [2.05, 4.69) is 20.6 Å². The summed E-state index contributed by atoms with van der Waals surface area (Å²) in [6, 6.07) is 7.67. The number of amides is 1. The van der Waals surface area contributed by atoms with E-state index in [1.807, 2.05) is 23.7 Å². The van der Waals surface area contributed by atoms with Crippen LogP contribution in [0.5, 0.6) is 0 Å². The lowest BCUT2D eigenvalue weighted by Crippen LogP contribution is -2.20. The highest BCUT2D eigenvalue weighted by molar-refractivity contribution is 7.98. The molecule has 1 aliphatic rings. The fourth-order valence-electron chi connectivity index (χ4n) is 3.52. The predicted molar refractivity (Wildman–Crippen MR) is 107 cm³/mol. The van der Waals surface area contributed by atoms with Gasteiger partial charge in [0.15, 0.2) is 0 Å². The number of hydrogen-bond acceptors (Lipinski definition) is 6. The number of pyridine rings is 1. The first-order valence-electron chi connectivity index (χ1n) is 9.55. The number of thioether (sulfide) groups is 1. The van der Waals surface area contributed by atoms with Crippen molar-refractivity contribution < 1.29 is 9.32 Å². The number of carbonyl (C=O) groups excluding carboxylic acids is 1. The highest BCUT2D eigenvalue weighted by atomic mass is 32.2. The average Bonchev–Trinajstić information content (AvgIpc) is 3.36. The van der Waals surface area contributed by atoms with Crippen LogP contribution in [0.1, 0.15) is 60.0 Å². The lowest BCUT2D eigenvalue weighted by Gasteiger charge is -2.24. The van der Waals surface area contributed by atoms with E-state index >= 15 is 0 Å². The van der Waals surface area contributed by atoms with Gasteiger partial charge in [-0.05, 0) is 31.9 Å². The topological polar surface area (TPSA) is 85.8 Å². The van der Waals surface area contributed by atoms with Gasteiger partial charge in [-0.15, -0.1) is 0 Å². The molecule has 1 aliphatic carbocycles. The monoisotopic (exact) mass is 397 g/mol. The molecule has 1 saturated carbocycles. The normalized spacial score (nSPS) is 14.9. The van der Waals surface area contributed by atoms with E-state index in [-0.39, 0.29) is 5.91 Å². The molecule has 3 heterocycles. The lowest BCUT2D eigenvalue weighted by molar-refractivity contribution is 0.102. The zero-order chi connectivity index (χ0) is 19.3. The summed E-state index contributed by atoms with van der Waals surface area (Å²) in [5, 5.41) is 12.1. The molecule has 0 aromatic carbocycles. The van der Waals surface area contributed by atoms with Crippen LogP contribution in [0.4, 0.5) is 5.82 Å². The Morgan fingerprint density at radius 2 is 2.14 bits per heavy atom. The standard InChI is InChI=1S/C20H23N5O2S/c1-14-12-15(24-27-14)13-28-20-17(8-5-10-21-20)19(26)23-18-9-11-22-25(18)16-6-3-2-4-7-16/h5,8-12,16H,2-4,6-7,13H2,1H3,(H,23,26). The minimum absolute atomic E-state index is 0.176. The van der Waals surface area contributed by atoms with Crippen LogP contribution in [0.15, 0.2) is 46.2 Å². The van der Waals surface area contributed by atoms with Gasteiger partial charge in [0.05, 0.1) is 23.5 Å². The van der Waals surface area contributed by atoms with Gasteiger partial charge in [-0.25, -0.2) is 9.67 Å². The van der Waals surface area contributed by atoms with Crippen LogP contribution in [-0.2, 0) is 5.75 Å². The van der Waals surface area contributed by atoms with E-state index < -0.39 is 0 Å². The molecule has 7 nitrogen and oxygen atoms in total. The molecule has 3 aromatic heterocycles. The van der Waals surface area contributed by atoms with Gasteiger partial charge in [0, 0.05) is 24.1 Å². The van der Waals surface area contributed by atoms with Crippen LogP contribution in [0.25, 0.3) is 0 Å². The van der Waals surface area contributed by atoms with Crippen LogP contribution in [0, 0.1) is 6.92 Å². The fraction of sp³-hybridized carbons (Fsp3) is 0.400. The van der Waals surface area contributed by atoms with E-state index in [0.717, 1.165) is 30.1 Å². The molecule has 28 heavy (non-hydrogen) atoms. The lowest BCUT2D eigenvalue weighted by atomic mass is 9.96. The van der Waals surface area contributed by atoms with E-state index in [0.29, 0.717) is 22.4 Å². The van der Waals surface area contributed by atoms with Crippen LogP contribution in [0.2, 0.25) is 0 Å². The summed E-state index contributed by atoms with van der Waals surface area (Å²) >= 11 is 1.47. The molecule has 8 heteroatoms. The van der Waals surface area contributed by atoms with E-state index in [4.69, 9.17) is 4.52 Å². The zero-order valence-corrected chi connectivity index (χ0v) is 16.6. The highest BCUT2D eigenvalue weighted by Crippen LogP contribution is 2.30. The summed E-state index contributed by atoms with van der Waals surface area (Å²) < 4.78 is 7.06. The SMILES string of the molecule is Cc1cc(CSc2ncccc2C(=O)Nc2ccnn2C2CCCCC2)no1. The quantitative estimate of drug-likeness (QED) is 0.611. The zero-order valence-electron chi connectivity index (χ0n) is 15.8. The molecule has 0 spiro atoms. The molecular weight excluding hydrogens is 374 g/mol. The molecule has 0 unspecified atom stereocenters. The summed E-state index contributed by atoms with van der Waals surface area (Å²) in [4.78, 5) is 17.3. The van der Waals surface area contributed by atoms with Crippen molar-refractivity contribution in [2.45, 2.75) is 55.8 Å². The van der Waals surface area contributed by atoms with Gasteiger partial charge in [-0.3, -0.25) is 4.79 Å². The van der Waals surface area contributed by atoms with E-state index in [1.165, 1.54) is 31.0 Å². The summed E-state index contributed by atoms with van der Waals surface area (Å²) in [5.74, 6) is 1.92. The third kappa shape index (κ3) is 4.27. The number of nitrogens with one attached hydrogen (secondary N) is 1. The summed E-state index contributed by atoms with van der Waals surface area (Å²) in [6.45, 7) is 1.86. The van der Waals surface area contributed by atoms with Crippen molar-refractivity contribution in [3.8, 4) is 0 Å². The van der Waals surface area contributed by atoms with Crippen molar-refractivity contribution in [1.82, 2.24) is 19.9 Å². The summed E-state index contributed by atoms with van der Waals surface area (Å²) in [7, 11) is 0. The Hall–Kier alpha value is -2.61. The van der Waals surface area contributed by atoms with Gasteiger partial charge in [-0.2, -0.15) is 5.10 Å². The third-order valence-corrected chi connectivity index (χ3v) is 5.92. The van der Waals surface area contributed by atoms with Crippen LogP contribution in [0.3, 0.4) is 0 Å². The molecule has 4 rings (SSSR count). The van der Waals surface area contributed by atoms with Gasteiger partial charge >= 0.3 is 0 Å². The van der Waals surface area contributed by atoms with E-state index in [1.54, 1.807) is 24.5 Å². The maximum atomic E-state index is 12.9. The molecule has 0 radical (unpaired) electrons. The second-order valence-corrected chi connectivity index (χ2v) is 7.94. The molecule has 0 atom stereocenters. The largest absolute Gasteiger partial charge is 0.361 e. The smallest absolute Gasteiger partial charge is 0.259 e. The molecule has 0 bridgehead atoms. The van der Waals surface area contributed by atoms with Crippen molar-refractivity contribution in [3.63, 3.8) is 0 Å². The Kier molecular flexibility index (Phi) is 5.76. The Balaban J connectivity index is 1.47. The van der Waals surface area contributed by atoms with Crippen molar-refractivity contribution in [3.05, 3.63) is 53.7 Å². The van der Waals surface area contributed by atoms with Crippen molar-refractivity contribution >= 4 is 23.5 Å². The maximum absolute atomic E-state index is 12.9. The number of rotatable bonds is 6. The maximum Gasteiger partial charge on any atom is 0.259 e. The van der Waals surface area contributed by atoms with Gasteiger partial charge < -0.3 is 9.84 Å². The van der Waals surface area contributed by atoms with Crippen LogP contribution in [-0.4, -0.2) is 25.8 Å². The summed E-state index contributed by atoms with van der Waals surface area (Å²) in [6.07, 6.45) is 9.35. The molecule has 3 aromatic rings. The number of aryl methyl sites for hydroxylation is 1. The van der Waals surface area contributed by atoms with Gasteiger partial charge in [0.1, 0.15) is 16.6 Å². The van der Waals surface area contributed by atoms with Crippen molar-refractivity contribution in [1.29, 1.82) is 0 Å². The number of aromatic nitrogens is 4. The van der Waals surface area contributed by atoms with Crippen molar-refractivity contribution in [2.75, 3.05) is 5.32 Å². The minimum Gasteiger partial charge on any atom is -0.361 e. The van der Waals surface area contributed by atoms with Crippen LogP contribution < -0.4 is 5.32 Å². The van der Waals surface area contributed by atoms with Crippen LogP contribution >= 0.6 is 11.8 Å². The number of anilines is 1. The van der Waals surface area contributed by atoms with Gasteiger partial charge in [0.25, 0.3) is 5.91 Å². The molecule has 1 amide bonds. The third-order valence-electron chi connectivity index (χ3n) is 4.88. The average molecular weight is 398 g/mol. The molecular formula is C20H23N5O2S. The first kappa shape index (κ1) is 18.7. The molecule has 0 saturated heterocycles. The molecule has 1 N–H and O–H groups in total. The van der Waals surface area contributed by atoms with E-state index in [9.17, 15) is 4.79 Å². The van der Waals surface area contributed by atoms with Gasteiger partial charge in [-0.1, -0.05) is 36.2 Å². The second-order valence-electron chi connectivity index (χ2n) is 6.98. The molecule has 0 aliphatic heterocycles. The summed E-state index contributed by atoms with van der Waals surface area (Å²) in [5.41, 5.74) is 1.37. The second kappa shape index (κ2) is 8.60. The Morgan fingerprint density at radius 3 is 2.93 bits per heavy atom. The minimum atomic E-state index is -0.176. The number of nitrogens with zero attached hydrogens (tertiary/aromatic N) is 4.